The number of aryl methyl sites for hydroxylation is 1. The van der Waals surface area contributed by atoms with Crippen LogP contribution in [0.3, 0.4) is 0 Å². The van der Waals surface area contributed by atoms with E-state index in [1.165, 1.54) is 0 Å². The third kappa shape index (κ3) is 2.37. The maximum atomic E-state index is 11.9. The number of hydrogen-bond donors (Lipinski definition) is 2. The first-order valence-corrected chi connectivity index (χ1v) is 7.15. The van der Waals surface area contributed by atoms with E-state index in [4.69, 9.17) is 0 Å². The minimum atomic E-state index is -0.680. The fourth-order valence-corrected chi connectivity index (χ4v) is 2.98. The maximum Gasteiger partial charge on any atom is 0.313 e. The van der Waals surface area contributed by atoms with E-state index in [0.29, 0.717) is 18.7 Å². The number of nitrogens with zero attached hydrogens (tertiary/aromatic N) is 1. The molecule has 6 nitrogen and oxygen atoms in total. The predicted octanol–water partition coefficient (Wildman–Crippen LogP) is 0.596. The molecule has 2 aliphatic heterocycles. The zero-order chi connectivity index (χ0) is 15.0. The zero-order valence-electron chi connectivity index (χ0n) is 11.9. The van der Waals surface area contributed by atoms with Gasteiger partial charge in [-0.3, -0.25) is 14.4 Å². The first-order valence-electron chi connectivity index (χ1n) is 7.15. The lowest BCUT2D eigenvalue weighted by atomic mass is 9.99. The van der Waals surface area contributed by atoms with Crippen molar-refractivity contribution in [2.45, 2.75) is 26.2 Å². The molecule has 2 aliphatic rings. The lowest BCUT2D eigenvalue weighted by Gasteiger charge is -2.26. The highest BCUT2D eigenvalue weighted by Gasteiger charge is 2.32. The second kappa shape index (κ2) is 5.20. The van der Waals surface area contributed by atoms with E-state index < -0.39 is 11.8 Å². The zero-order valence-corrected chi connectivity index (χ0v) is 11.9. The molecule has 21 heavy (non-hydrogen) atoms. The smallest absolute Gasteiger partial charge is 0.313 e. The van der Waals surface area contributed by atoms with Crippen LogP contribution in [0.15, 0.2) is 12.1 Å². The minimum absolute atomic E-state index is 0.109. The van der Waals surface area contributed by atoms with Gasteiger partial charge < -0.3 is 15.5 Å². The maximum absolute atomic E-state index is 11.9. The van der Waals surface area contributed by atoms with Crippen molar-refractivity contribution < 1.29 is 14.4 Å². The monoisotopic (exact) mass is 287 g/mol. The molecule has 1 aromatic carbocycles. The van der Waals surface area contributed by atoms with Crippen LogP contribution in [0.2, 0.25) is 0 Å². The summed E-state index contributed by atoms with van der Waals surface area (Å²) < 4.78 is 0. The molecule has 0 aliphatic carbocycles. The Labute approximate surface area is 122 Å². The number of benzene rings is 1. The van der Waals surface area contributed by atoms with E-state index >= 15 is 0 Å². The third-order valence-corrected chi connectivity index (χ3v) is 3.81. The Morgan fingerprint density at radius 2 is 2.00 bits per heavy atom. The quantitative estimate of drug-likeness (QED) is 0.782. The Bertz CT molecular complexity index is 639. The van der Waals surface area contributed by atoms with Gasteiger partial charge in [-0.1, -0.05) is 0 Å². The van der Waals surface area contributed by atoms with Crippen LogP contribution in [0.5, 0.6) is 0 Å². The summed E-state index contributed by atoms with van der Waals surface area (Å²) in [6.07, 6.45) is 2.18. The molecule has 1 aromatic rings. The molecule has 2 N–H and O–H groups in total. The largest absolute Gasteiger partial charge is 0.348 e. The molecular weight excluding hydrogens is 270 g/mol. The van der Waals surface area contributed by atoms with Gasteiger partial charge >= 0.3 is 11.8 Å². The molecule has 0 aromatic heterocycles. The summed E-state index contributed by atoms with van der Waals surface area (Å²) in [4.78, 5) is 37.0. The predicted molar refractivity (Wildman–Crippen MR) is 78.1 cm³/mol. The van der Waals surface area contributed by atoms with Gasteiger partial charge in [-0.2, -0.15) is 0 Å². The highest BCUT2D eigenvalue weighted by atomic mass is 16.2. The van der Waals surface area contributed by atoms with E-state index in [9.17, 15) is 14.4 Å². The van der Waals surface area contributed by atoms with Crippen LogP contribution < -0.4 is 15.5 Å². The molecule has 3 rings (SSSR count). The number of anilines is 2. The summed E-state index contributed by atoms with van der Waals surface area (Å²) in [6, 6.07) is 3.65. The highest BCUT2D eigenvalue weighted by molar-refractivity contribution is 6.39. The Morgan fingerprint density at radius 1 is 1.24 bits per heavy atom. The lowest BCUT2D eigenvalue weighted by molar-refractivity contribution is -0.136. The standard InChI is InChI=1S/C15H17N3O3/c1-2-16-14(20)15(21)17-11-6-9-4-3-5-18-12(19)8-10(7-11)13(9)18/h6-7H,2-5,8H2,1H3,(H,16,20)(H,17,21). The molecule has 3 amide bonds. The van der Waals surface area contributed by atoms with Gasteiger partial charge in [0.15, 0.2) is 0 Å². The van der Waals surface area contributed by atoms with Gasteiger partial charge in [-0.15, -0.1) is 0 Å². The first-order chi connectivity index (χ1) is 10.1. The molecule has 0 radical (unpaired) electrons. The van der Waals surface area contributed by atoms with E-state index in [0.717, 1.165) is 36.2 Å². The molecule has 0 bridgehead atoms. The van der Waals surface area contributed by atoms with E-state index in [1.807, 2.05) is 11.0 Å². The van der Waals surface area contributed by atoms with Crippen molar-refractivity contribution in [3.05, 3.63) is 23.3 Å². The van der Waals surface area contributed by atoms with Crippen molar-refractivity contribution in [3.8, 4) is 0 Å². The van der Waals surface area contributed by atoms with Crippen LogP contribution in [0, 0.1) is 0 Å². The molecule has 0 unspecified atom stereocenters. The van der Waals surface area contributed by atoms with Crippen molar-refractivity contribution in [1.82, 2.24) is 5.32 Å². The van der Waals surface area contributed by atoms with Crippen LogP contribution in [0.1, 0.15) is 24.5 Å². The fraction of sp³-hybridized carbons (Fsp3) is 0.400. The van der Waals surface area contributed by atoms with Gasteiger partial charge in [0, 0.05) is 18.8 Å². The van der Waals surface area contributed by atoms with E-state index in [1.54, 1.807) is 13.0 Å². The van der Waals surface area contributed by atoms with Crippen LogP contribution >= 0.6 is 0 Å². The van der Waals surface area contributed by atoms with Crippen molar-refractivity contribution in [2.24, 2.45) is 0 Å². The average Bonchev–Trinajstić information content (AvgIpc) is 2.77. The third-order valence-electron chi connectivity index (χ3n) is 3.81. The topological polar surface area (TPSA) is 78.5 Å². The summed E-state index contributed by atoms with van der Waals surface area (Å²) in [5.74, 6) is -1.22. The number of carbonyl (C=O) groups is 3. The molecule has 0 fully saturated rings. The lowest BCUT2D eigenvalue weighted by Crippen LogP contribution is -2.35. The van der Waals surface area contributed by atoms with Gasteiger partial charge in [0.05, 0.1) is 12.1 Å². The summed E-state index contributed by atoms with van der Waals surface area (Å²) in [6.45, 7) is 2.93. The fourth-order valence-electron chi connectivity index (χ4n) is 2.98. The number of hydrogen-bond acceptors (Lipinski definition) is 3. The Kier molecular flexibility index (Phi) is 3.37. The average molecular weight is 287 g/mol. The van der Waals surface area contributed by atoms with Gasteiger partial charge in [0.25, 0.3) is 0 Å². The SMILES string of the molecule is CCNC(=O)C(=O)Nc1cc2c3c(c1)CC(=O)N3CCC2. The van der Waals surface area contributed by atoms with Crippen molar-refractivity contribution in [2.75, 3.05) is 23.3 Å². The summed E-state index contributed by atoms with van der Waals surface area (Å²) in [5, 5.41) is 5.06. The number of rotatable bonds is 2. The number of nitrogens with one attached hydrogen (secondary N) is 2. The highest BCUT2D eigenvalue weighted by Crippen LogP contribution is 2.38. The molecule has 0 saturated carbocycles. The number of carbonyl (C=O) groups excluding carboxylic acids is 3. The van der Waals surface area contributed by atoms with Crippen LogP contribution in [0.4, 0.5) is 11.4 Å². The van der Waals surface area contributed by atoms with Crippen molar-refractivity contribution in [3.63, 3.8) is 0 Å². The number of likely N-dealkylation sites (N-methyl/N-ethyl adjacent to an activating group) is 1. The first kappa shape index (κ1) is 13.6. The van der Waals surface area contributed by atoms with Gasteiger partial charge in [-0.25, -0.2) is 0 Å². The second-order valence-corrected chi connectivity index (χ2v) is 5.28. The van der Waals surface area contributed by atoms with E-state index in [-0.39, 0.29) is 5.91 Å². The van der Waals surface area contributed by atoms with Crippen LogP contribution in [-0.4, -0.2) is 30.8 Å². The molecule has 0 spiro atoms. The second-order valence-electron chi connectivity index (χ2n) is 5.28. The molecule has 0 saturated heterocycles. The van der Waals surface area contributed by atoms with Crippen LogP contribution in [-0.2, 0) is 27.2 Å². The molecular formula is C15H17N3O3. The van der Waals surface area contributed by atoms with Crippen LogP contribution in [0.25, 0.3) is 0 Å². The number of amides is 3. The Morgan fingerprint density at radius 3 is 2.76 bits per heavy atom. The van der Waals surface area contributed by atoms with Gasteiger partial charge in [0.2, 0.25) is 5.91 Å². The van der Waals surface area contributed by atoms with Gasteiger partial charge in [0.1, 0.15) is 0 Å². The Hall–Kier alpha value is -2.37. The molecule has 0 atom stereocenters. The van der Waals surface area contributed by atoms with E-state index in [2.05, 4.69) is 10.6 Å². The van der Waals surface area contributed by atoms with Crippen molar-refractivity contribution in [1.29, 1.82) is 0 Å². The minimum Gasteiger partial charge on any atom is -0.348 e. The summed E-state index contributed by atoms with van der Waals surface area (Å²) in [5.41, 5.74) is 3.58. The molecule has 110 valence electrons. The molecule has 6 heteroatoms. The van der Waals surface area contributed by atoms with Crippen molar-refractivity contribution >= 4 is 29.1 Å². The molecule has 2 heterocycles. The van der Waals surface area contributed by atoms with Gasteiger partial charge in [-0.05, 0) is 43.0 Å². The summed E-state index contributed by atoms with van der Waals surface area (Å²) in [7, 11) is 0. The summed E-state index contributed by atoms with van der Waals surface area (Å²) >= 11 is 0. The normalized spacial score (nSPS) is 15.7. The Balaban J connectivity index is 1.86.